The van der Waals surface area contributed by atoms with Crippen molar-refractivity contribution in [3.8, 4) is 22.3 Å². The molecule has 0 spiro atoms. The second-order valence-electron chi connectivity index (χ2n) is 18.3. The van der Waals surface area contributed by atoms with Gasteiger partial charge >= 0.3 is 7.12 Å². The largest absolute Gasteiger partial charge is 0.488 e. The molecule has 14 rings (SSSR count). The van der Waals surface area contributed by atoms with E-state index in [1.807, 2.05) is 48.5 Å². The van der Waals surface area contributed by atoms with Crippen LogP contribution in [0.5, 0.6) is 0 Å². The van der Waals surface area contributed by atoms with Gasteiger partial charge < -0.3 is 10.0 Å². The maximum absolute atomic E-state index is 8.94. The van der Waals surface area contributed by atoms with Crippen LogP contribution >= 0.6 is 55.1 Å². The summed E-state index contributed by atoms with van der Waals surface area (Å²) in [6.45, 7) is 0. The van der Waals surface area contributed by atoms with E-state index < -0.39 is 7.12 Å². The molecule has 14 aromatic rings. The Bertz CT molecular complexity index is 4500. The fraction of sp³-hybridized carbons (Fsp3) is 0.0149. The van der Waals surface area contributed by atoms with Gasteiger partial charge in [0.05, 0.1) is 0 Å². The second kappa shape index (κ2) is 20.7. The molecular formula is C67H45BBr2Cl2O2. The molecule has 0 aromatic heterocycles. The van der Waals surface area contributed by atoms with Gasteiger partial charge in [-0.1, -0.05) is 238 Å². The molecule has 0 fully saturated rings. The van der Waals surface area contributed by atoms with Gasteiger partial charge in [0.1, 0.15) is 0 Å². The van der Waals surface area contributed by atoms with Crippen molar-refractivity contribution in [2.75, 3.05) is 0 Å². The summed E-state index contributed by atoms with van der Waals surface area (Å²) in [5.74, 6) is 0. The number of hydrogen-bond acceptors (Lipinski definition) is 2. The molecule has 0 amide bonds. The molecule has 0 unspecified atom stereocenters. The molecule has 0 aliphatic carbocycles. The van der Waals surface area contributed by atoms with Crippen LogP contribution in [0.25, 0.3) is 119 Å². The minimum atomic E-state index is -1.38. The Hall–Kier alpha value is -7.06. The summed E-state index contributed by atoms with van der Waals surface area (Å²) in [7, 11) is -1.38. The third-order valence-corrected chi connectivity index (χ3v) is 15.7. The van der Waals surface area contributed by atoms with Crippen LogP contribution in [-0.2, 0) is 0 Å². The van der Waals surface area contributed by atoms with Gasteiger partial charge in [0.15, 0.2) is 0 Å². The fourth-order valence-corrected chi connectivity index (χ4v) is 11.9. The zero-order valence-electron chi connectivity index (χ0n) is 39.0. The molecule has 0 saturated carbocycles. The van der Waals surface area contributed by atoms with Crippen molar-refractivity contribution in [1.82, 2.24) is 0 Å². The lowest BCUT2D eigenvalue weighted by atomic mass is 9.79. The van der Waals surface area contributed by atoms with Crippen LogP contribution in [0.2, 0.25) is 10.0 Å². The van der Waals surface area contributed by atoms with E-state index in [0.29, 0.717) is 5.46 Å². The lowest BCUT2D eigenvalue weighted by molar-refractivity contribution is 0.426. The number of fused-ring (bicyclic) bond motifs is 13. The summed E-state index contributed by atoms with van der Waals surface area (Å²) in [6, 6.07) is 82.5. The predicted octanol–water partition coefficient (Wildman–Crippen LogP) is 19.9. The van der Waals surface area contributed by atoms with Gasteiger partial charge in [-0.3, -0.25) is 0 Å². The Morgan fingerprint density at radius 2 is 0.649 bits per heavy atom. The standard InChI is InChI=1S/C38H23Cl.C18H9Br2Cl.C10H9BO2.CH4/c39-30-17-18-33-36(21-30)35(29-16-14-25-8-2-4-10-27(25)20-29)23-37-32-12-6-5-11-31(32)34(22-38(33)37)28-15-13-24-7-1-3-9-26(24)19-28;19-17-8-15-12-6-5-10(21)7-16(12)18(20)9-14(15)11-3-1-2-4-13(11)17;12-11(13)10-6-5-8-3-1-2-4-9(8)7-10;/h1-23H;1-9H;1-7,12-13H;1H4. The maximum Gasteiger partial charge on any atom is 0.488 e. The highest BCUT2D eigenvalue weighted by Crippen LogP contribution is 2.44. The number of hydrogen-bond donors (Lipinski definition) is 2. The normalized spacial score (nSPS) is 11.3. The third-order valence-electron chi connectivity index (χ3n) is 14.0. The van der Waals surface area contributed by atoms with Gasteiger partial charge in [0.2, 0.25) is 0 Å². The molecule has 2 N–H and O–H groups in total. The topological polar surface area (TPSA) is 40.5 Å². The summed E-state index contributed by atoms with van der Waals surface area (Å²) >= 11 is 20.1. The Morgan fingerprint density at radius 1 is 0.284 bits per heavy atom. The minimum Gasteiger partial charge on any atom is -0.423 e. The van der Waals surface area contributed by atoms with Gasteiger partial charge in [-0.15, -0.1) is 0 Å². The van der Waals surface area contributed by atoms with Crippen LogP contribution in [-0.4, -0.2) is 17.2 Å². The average Bonchev–Trinajstić information content (AvgIpc) is 3.43. The molecule has 0 saturated heterocycles. The van der Waals surface area contributed by atoms with E-state index >= 15 is 0 Å². The first-order valence-electron chi connectivity index (χ1n) is 23.9. The molecule has 0 heterocycles. The van der Waals surface area contributed by atoms with E-state index in [-0.39, 0.29) is 7.43 Å². The van der Waals surface area contributed by atoms with Crippen molar-refractivity contribution in [3.05, 3.63) is 256 Å². The first kappa shape index (κ1) is 49.2. The highest BCUT2D eigenvalue weighted by Gasteiger charge is 2.17. The molecule has 0 aliphatic heterocycles. The zero-order valence-corrected chi connectivity index (χ0v) is 43.7. The van der Waals surface area contributed by atoms with Crippen LogP contribution in [0.1, 0.15) is 7.43 Å². The smallest absolute Gasteiger partial charge is 0.423 e. The summed E-state index contributed by atoms with van der Waals surface area (Å²) in [6.07, 6.45) is 0. The number of halogens is 4. The SMILES string of the molecule is C.Clc1ccc2c(c1)c(-c1ccc3ccccc3c1)cc1c3ccccc3c(-c3ccc4ccccc4c3)cc21.Clc1ccc2c(c1)c(Br)cc1c3ccccc3c(Br)cc21.OB(O)c1ccc2ccccc2c1. The van der Waals surface area contributed by atoms with Crippen molar-refractivity contribution < 1.29 is 10.0 Å². The van der Waals surface area contributed by atoms with Gasteiger partial charge in [-0.25, -0.2) is 0 Å². The van der Waals surface area contributed by atoms with Crippen molar-refractivity contribution in [2.45, 2.75) is 7.43 Å². The first-order chi connectivity index (χ1) is 35.6. The lowest BCUT2D eigenvalue weighted by Crippen LogP contribution is -2.29. The highest BCUT2D eigenvalue weighted by atomic mass is 79.9. The summed E-state index contributed by atoms with van der Waals surface area (Å²) in [4.78, 5) is 0. The molecule has 74 heavy (non-hydrogen) atoms. The molecule has 2 nitrogen and oxygen atoms in total. The lowest BCUT2D eigenvalue weighted by Gasteiger charge is -2.17. The van der Waals surface area contributed by atoms with Crippen LogP contribution in [0.15, 0.2) is 246 Å². The van der Waals surface area contributed by atoms with E-state index in [1.54, 1.807) is 12.1 Å². The van der Waals surface area contributed by atoms with E-state index in [1.165, 1.54) is 103 Å². The van der Waals surface area contributed by atoms with Gasteiger partial charge in [0, 0.05) is 19.0 Å². The van der Waals surface area contributed by atoms with E-state index in [9.17, 15) is 0 Å². The fourth-order valence-electron chi connectivity index (χ4n) is 10.4. The van der Waals surface area contributed by atoms with Crippen LogP contribution in [0, 0.1) is 0 Å². The summed E-state index contributed by atoms with van der Waals surface area (Å²) < 4.78 is 2.18. The van der Waals surface area contributed by atoms with Crippen LogP contribution in [0.4, 0.5) is 0 Å². The Morgan fingerprint density at radius 3 is 1.18 bits per heavy atom. The van der Waals surface area contributed by atoms with E-state index in [4.69, 9.17) is 33.2 Å². The van der Waals surface area contributed by atoms with Crippen LogP contribution in [0.3, 0.4) is 0 Å². The van der Waals surface area contributed by atoms with Crippen molar-refractivity contribution >= 4 is 165 Å². The molecule has 0 radical (unpaired) electrons. The Labute approximate surface area is 456 Å². The van der Waals surface area contributed by atoms with Crippen molar-refractivity contribution in [1.29, 1.82) is 0 Å². The number of rotatable bonds is 3. The van der Waals surface area contributed by atoms with E-state index in [2.05, 4.69) is 208 Å². The molecule has 356 valence electrons. The summed E-state index contributed by atoms with van der Waals surface area (Å²) in [5.41, 5.74) is 5.41. The molecule has 0 bridgehead atoms. The second-order valence-corrected chi connectivity index (χ2v) is 20.9. The van der Waals surface area contributed by atoms with Gasteiger partial charge in [0.25, 0.3) is 0 Å². The zero-order chi connectivity index (χ0) is 49.7. The number of benzene rings is 14. The quantitative estimate of drug-likeness (QED) is 0.137. The average molecular weight is 1120 g/mol. The van der Waals surface area contributed by atoms with Gasteiger partial charge in [-0.2, -0.15) is 0 Å². The first-order valence-corrected chi connectivity index (χ1v) is 26.3. The highest BCUT2D eigenvalue weighted by molar-refractivity contribution is 9.11. The van der Waals surface area contributed by atoms with E-state index in [0.717, 1.165) is 35.1 Å². The molecule has 14 aromatic carbocycles. The van der Waals surface area contributed by atoms with Crippen LogP contribution < -0.4 is 5.46 Å². The van der Waals surface area contributed by atoms with Gasteiger partial charge in [-0.05, 0) is 185 Å². The minimum absolute atomic E-state index is 0. The Kier molecular flexibility index (Phi) is 13.7. The van der Waals surface area contributed by atoms with Crippen molar-refractivity contribution in [2.24, 2.45) is 0 Å². The predicted molar refractivity (Wildman–Crippen MR) is 330 cm³/mol. The molecule has 0 atom stereocenters. The van der Waals surface area contributed by atoms with Crippen molar-refractivity contribution in [3.63, 3.8) is 0 Å². The molecular weight excluding hydrogens is 1080 g/mol. The molecule has 7 heteroatoms. The summed E-state index contributed by atoms with van der Waals surface area (Å²) in [5, 5.41) is 41.2. The third kappa shape index (κ3) is 9.30. The maximum atomic E-state index is 8.94. The monoisotopic (exact) mass is 1120 g/mol. The Balaban J connectivity index is 0.000000140. The molecule has 0 aliphatic rings.